The molecule has 9 aliphatic rings. The molecule has 48 heavy (non-hydrogen) atoms. The van der Waals surface area contributed by atoms with Crippen molar-refractivity contribution in [2.45, 2.75) is 167 Å². The van der Waals surface area contributed by atoms with E-state index in [0.717, 1.165) is 44.9 Å². The third-order valence-corrected chi connectivity index (χ3v) is 16.8. The number of hydrogen-bond donors (Lipinski definition) is 4. The largest absolute Gasteiger partial charge is 0.462 e. The number of carbonyl (C=O) groups excluding carboxylic acids is 1. The van der Waals surface area contributed by atoms with Gasteiger partial charge >= 0.3 is 5.97 Å². The normalized spacial score (nSPS) is 63.3. The standard InChI is InChI=1S/C37H56O11/c1-17-12-37(29-34(7,47-29)30(42)48-37)46-20-13-32(5)22-9-8-21-31(3,4)23(45-28-27(41)26(40)19(39)15-43-28)10-11-35(21)16-36(22,35)14-24(44-18(2)38)33(32,6)25(17)20/h17,19-30,39-42H,8-16H2,1-7H3/t17?,19?,20-,21-,22-,23?,24?,25-,26?,27?,28-,29?,30?,32-,33+,34-,35+,36-,37+/m0/s1. The quantitative estimate of drug-likeness (QED) is 0.198. The van der Waals surface area contributed by atoms with Crippen molar-refractivity contribution >= 4 is 5.97 Å². The average molecular weight is 677 g/mol. The predicted octanol–water partition coefficient (Wildman–Crippen LogP) is 3.03. The lowest BCUT2D eigenvalue weighted by atomic mass is 9.41. The van der Waals surface area contributed by atoms with Gasteiger partial charge in [-0.15, -0.1) is 0 Å². The SMILES string of the molecule is CC(=O)OC1C[C@@]23C[C@@]24CCC(O[C@@H]2OCC(O)C(O)C2O)C(C)(C)[C@@H]4CC[C@H]3[C@]2(C)C[C@@H]3O[C@]4(CC(C)[C@@H]3[C@@]12C)OC(O)[C@@]1(C)OC41. The van der Waals surface area contributed by atoms with Gasteiger partial charge in [-0.25, -0.2) is 0 Å². The molecule has 0 radical (unpaired) electrons. The Morgan fingerprint density at radius 2 is 1.56 bits per heavy atom. The zero-order chi connectivity index (χ0) is 34.2. The predicted molar refractivity (Wildman–Crippen MR) is 168 cm³/mol. The third-order valence-electron chi connectivity index (χ3n) is 16.8. The van der Waals surface area contributed by atoms with Gasteiger partial charge in [0.15, 0.2) is 12.6 Å². The molecule has 9 rings (SSSR count). The summed E-state index contributed by atoms with van der Waals surface area (Å²) >= 11 is 0. The van der Waals surface area contributed by atoms with Crippen molar-refractivity contribution in [1.29, 1.82) is 0 Å². The van der Waals surface area contributed by atoms with E-state index in [1.807, 2.05) is 6.92 Å². The summed E-state index contributed by atoms with van der Waals surface area (Å²) in [5, 5.41) is 41.7. The van der Waals surface area contributed by atoms with Crippen LogP contribution in [0.4, 0.5) is 0 Å². The maximum atomic E-state index is 12.9. The zero-order valence-electron chi connectivity index (χ0n) is 29.5. The van der Waals surface area contributed by atoms with Crippen LogP contribution in [-0.2, 0) is 33.2 Å². The van der Waals surface area contributed by atoms with Crippen molar-refractivity contribution < 1.29 is 53.6 Å². The Morgan fingerprint density at radius 1 is 0.833 bits per heavy atom. The van der Waals surface area contributed by atoms with Crippen LogP contribution in [0.1, 0.15) is 99.8 Å². The van der Waals surface area contributed by atoms with Crippen LogP contribution < -0.4 is 0 Å². The first kappa shape index (κ1) is 33.0. The minimum absolute atomic E-state index is 0.0420. The Morgan fingerprint density at radius 3 is 2.23 bits per heavy atom. The summed E-state index contributed by atoms with van der Waals surface area (Å²) in [6.07, 6.45) is 0.880. The Hall–Kier alpha value is -0.890. The second-order valence-corrected chi connectivity index (χ2v) is 18.9. The van der Waals surface area contributed by atoms with E-state index in [1.165, 1.54) is 0 Å². The van der Waals surface area contributed by atoms with E-state index in [0.29, 0.717) is 18.3 Å². The Kier molecular flexibility index (Phi) is 6.70. The van der Waals surface area contributed by atoms with Crippen LogP contribution >= 0.6 is 0 Å². The lowest BCUT2D eigenvalue weighted by Gasteiger charge is -2.65. The number of fused-ring (bicyclic) bond motifs is 6. The maximum Gasteiger partial charge on any atom is 0.302 e. The molecule has 11 heteroatoms. The Labute approximate surface area is 283 Å². The fourth-order valence-corrected chi connectivity index (χ4v) is 14.6. The van der Waals surface area contributed by atoms with E-state index in [-0.39, 0.29) is 75.9 Å². The Bertz CT molecular complexity index is 1390. The number of aliphatic hydroxyl groups is 4. The van der Waals surface area contributed by atoms with Crippen molar-refractivity contribution in [3.05, 3.63) is 0 Å². The van der Waals surface area contributed by atoms with Gasteiger partial charge in [-0.2, -0.15) is 0 Å². The Balaban J connectivity index is 1.03. The molecule has 8 unspecified atom stereocenters. The van der Waals surface area contributed by atoms with Crippen molar-refractivity contribution in [1.82, 2.24) is 0 Å². The molecule has 270 valence electrons. The number of epoxide rings is 1. The van der Waals surface area contributed by atoms with Crippen molar-refractivity contribution in [2.75, 3.05) is 6.61 Å². The first-order valence-corrected chi connectivity index (χ1v) is 18.6. The van der Waals surface area contributed by atoms with Gasteiger partial charge < -0.3 is 48.8 Å². The highest BCUT2D eigenvalue weighted by atomic mass is 16.8. The number of ether oxygens (including phenoxy) is 6. The summed E-state index contributed by atoms with van der Waals surface area (Å²) in [7, 11) is 0. The molecule has 5 saturated carbocycles. The van der Waals surface area contributed by atoms with Gasteiger partial charge in [-0.1, -0.05) is 34.6 Å². The summed E-state index contributed by atoms with van der Waals surface area (Å²) in [5.41, 5.74) is -1.23. The lowest BCUT2D eigenvalue weighted by Crippen LogP contribution is -2.64. The number of aliphatic hydroxyl groups excluding tert-OH is 4. The van der Waals surface area contributed by atoms with E-state index in [9.17, 15) is 25.2 Å². The minimum atomic E-state index is -1.31. The third kappa shape index (κ3) is 3.74. The highest BCUT2D eigenvalue weighted by molar-refractivity contribution is 5.66. The van der Waals surface area contributed by atoms with E-state index in [2.05, 4.69) is 34.6 Å². The fraction of sp³-hybridized carbons (Fsp3) is 0.973. The van der Waals surface area contributed by atoms with Crippen molar-refractivity contribution in [2.24, 2.45) is 50.7 Å². The molecule has 4 saturated heterocycles. The second kappa shape index (κ2) is 9.75. The molecule has 0 aromatic heterocycles. The molecule has 3 spiro atoms. The van der Waals surface area contributed by atoms with Gasteiger partial charge in [0.05, 0.1) is 18.8 Å². The van der Waals surface area contributed by atoms with E-state index >= 15 is 0 Å². The number of esters is 1. The molecule has 4 aliphatic heterocycles. The summed E-state index contributed by atoms with van der Waals surface area (Å²) in [6, 6.07) is 0. The van der Waals surface area contributed by atoms with E-state index in [1.54, 1.807) is 6.92 Å². The molecule has 0 amide bonds. The minimum Gasteiger partial charge on any atom is -0.462 e. The highest BCUT2D eigenvalue weighted by Crippen LogP contribution is 2.89. The summed E-state index contributed by atoms with van der Waals surface area (Å²) in [5.74, 6) is 0.0295. The molecule has 4 heterocycles. The van der Waals surface area contributed by atoms with Crippen LogP contribution in [0.2, 0.25) is 0 Å². The number of rotatable bonds is 3. The van der Waals surface area contributed by atoms with E-state index < -0.39 is 42.3 Å². The van der Waals surface area contributed by atoms with Gasteiger partial charge in [0, 0.05) is 18.8 Å². The van der Waals surface area contributed by atoms with Gasteiger partial charge in [-0.05, 0) is 97.2 Å². The number of hydrogen-bond acceptors (Lipinski definition) is 11. The van der Waals surface area contributed by atoms with Crippen LogP contribution in [0.5, 0.6) is 0 Å². The van der Waals surface area contributed by atoms with Gasteiger partial charge in [0.25, 0.3) is 0 Å². The highest BCUT2D eigenvalue weighted by Gasteiger charge is 2.87. The molecular weight excluding hydrogens is 620 g/mol. The van der Waals surface area contributed by atoms with E-state index in [4.69, 9.17) is 28.4 Å². The van der Waals surface area contributed by atoms with Crippen molar-refractivity contribution in [3.63, 3.8) is 0 Å². The maximum absolute atomic E-state index is 12.9. The molecule has 0 aromatic carbocycles. The molecule has 0 bridgehead atoms. The molecular formula is C37H56O11. The summed E-state index contributed by atoms with van der Waals surface area (Å²) < 4.78 is 37.9. The topological polar surface area (TPSA) is 157 Å². The molecule has 9 fully saturated rings. The van der Waals surface area contributed by atoms with Gasteiger partial charge in [0.2, 0.25) is 5.79 Å². The fourth-order valence-electron chi connectivity index (χ4n) is 14.6. The van der Waals surface area contributed by atoms with Crippen LogP contribution in [0, 0.1) is 50.7 Å². The first-order chi connectivity index (χ1) is 22.4. The molecule has 4 N–H and O–H groups in total. The molecule has 5 aliphatic carbocycles. The van der Waals surface area contributed by atoms with Crippen LogP contribution in [0.15, 0.2) is 0 Å². The number of carbonyl (C=O) groups is 1. The van der Waals surface area contributed by atoms with Crippen LogP contribution in [-0.4, -0.2) is 99.7 Å². The summed E-state index contributed by atoms with van der Waals surface area (Å²) in [6.45, 7) is 15.1. The van der Waals surface area contributed by atoms with Crippen LogP contribution in [0.25, 0.3) is 0 Å². The lowest BCUT2D eigenvalue weighted by molar-refractivity contribution is -0.346. The molecule has 11 nitrogen and oxygen atoms in total. The zero-order valence-corrected chi connectivity index (χ0v) is 29.5. The first-order valence-electron chi connectivity index (χ1n) is 18.6. The smallest absolute Gasteiger partial charge is 0.302 e. The van der Waals surface area contributed by atoms with Crippen LogP contribution in [0.3, 0.4) is 0 Å². The summed E-state index contributed by atoms with van der Waals surface area (Å²) in [4.78, 5) is 12.9. The monoisotopic (exact) mass is 676 g/mol. The van der Waals surface area contributed by atoms with Gasteiger partial charge in [0.1, 0.15) is 36.1 Å². The molecule has 19 atom stereocenters. The molecule has 0 aromatic rings. The second-order valence-electron chi connectivity index (χ2n) is 18.9. The van der Waals surface area contributed by atoms with Gasteiger partial charge in [-0.3, -0.25) is 4.79 Å². The van der Waals surface area contributed by atoms with Crippen molar-refractivity contribution in [3.8, 4) is 0 Å². The average Bonchev–Trinajstić information content (AvgIpc) is 3.84.